The molecule has 0 aliphatic heterocycles. The minimum Gasteiger partial charge on any atom is -0.301 e. The van der Waals surface area contributed by atoms with Crippen molar-refractivity contribution in [2.24, 2.45) is 0 Å². The fourth-order valence-electron chi connectivity index (χ4n) is 2.15. The molecular weight excluding hydrogens is 323 g/mol. The largest absolute Gasteiger partial charge is 0.301 e. The third kappa shape index (κ3) is 3.92. The molecule has 7 heteroatoms. The highest BCUT2D eigenvalue weighted by Gasteiger charge is 2.22. The number of nitrogens with zero attached hydrogens (tertiary/aromatic N) is 1. The van der Waals surface area contributed by atoms with E-state index in [0.29, 0.717) is 5.56 Å². The topological polar surface area (TPSA) is 49.4 Å². The van der Waals surface area contributed by atoms with Gasteiger partial charge in [0.2, 0.25) is 10.0 Å². The van der Waals surface area contributed by atoms with E-state index in [4.69, 9.17) is 0 Å². The van der Waals surface area contributed by atoms with Gasteiger partial charge in [-0.2, -0.15) is 11.3 Å². The van der Waals surface area contributed by atoms with Crippen molar-refractivity contribution in [3.8, 4) is 0 Å². The Morgan fingerprint density at radius 2 is 2.05 bits per heavy atom. The van der Waals surface area contributed by atoms with Crippen molar-refractivity contribution < 1.29 is 12.8 Å². The average Bonchev–Trinajstić information content (AvgIpc) is 2.95. The fraction of sp³-hybridized carbons (Fsp3) is 0.333. The maximum Gasteiger partial charge on any atom is 0.243 e. The third-order valence-electron chi connectivity index (χ3n) is 3.39. The predicted molar refractivity (Wildman–Crippen MR) is 87.1 cm³/mol. The molecule has 0 saturated heterocycles. The van der Waals surface area contributed by atoms with Crippen molar-refractivity contribution in [2.75, 3.05) is 20.6 Å². The van der Waals surface area contributed by atoms with E-state index in [-0.39, 0.29) is 17.5 Å². The van der Waals surface area contributed by atoms with Gasteiger partial charge in [0.15, 0.2) is 0 Å². The van der Waals surface area contributed by atoms with E-state index in [1.54, 1.807) is 24.3 Å². The molecular formula is C15H19FN2O2S2. The molecule has 0 spiro atoms. The molecule has 0 aliphatic rings. The molecule has 0 saturated carbocycles. The van der Waals surface area contributed by atoms with E-state index in [1.165, 1.54) is 12.1 Å². The quantitative estimate of drug-likeness (QED) is 0.878. The van der Waals surface area contributed by atoms with Crippen molar-refractivity contribution in [3.63, 3.8) is 0 Å². The Bertz CT molecular complexity index is 728. The van der Waals surface area contributed by atoms with Crippen LogP contribution >= 0.6 is 11.3 Å². The van der Waals surface area contributed by atoms with Crippen molar-refractivity contribution in [3.05, 3.63) is 52.0 Å². The van der Waals surface area contributed by atoms with Crippen molar-refractivity contribution in [1.82, 2.24) is 9.62 Å². The van der Waals surface area contributed by atoms with Gasteiger partial charge in [0.25, 0.3) is 0 Å². The predicted octanol–water partition coefficient (Wildman–Crippen LogP) is 2.78. The van der Waals surface area contributed by atoms with Crippen LogP contribution in [0.15, 0.2) is 39.9 Å². The Morgan fingerprint density at radius 1 is 1.32 bits per heavy atom. The number of nitrogens with one attached hydrogen (secondary N) is 1. The lowest BCUT2D eigenvalue weighted by atomic mass is 10.1. The van der Waals surface area contributed by atoms with Crippen LogP contribution in [0, 0.1) is 12.7 Å². The van der Waals surface area contributed by atoms with Gasteiger partial charge in [0, 0.05) is 12.6 Å². The summed E-state index contributed by atoms with van der Waals surface area (Å²) in [6.45, 7) is 1.91. The van der Waals surface area contributed by atoms with Crippen LogP contribution in [0.25, 0.3) is 0 Å². The number of likely N-dealkylation sites (N-methyl/N-ethyl adjacent to an activating group) is 1. The summed E-state index contributed by atoms with van der Waals surface area (Å²) in [5, 5.41) is 3.92. The molecule has 0 fully saturated rings. The minimum atomic E-state index is -3.88. The van der Waals surface area contributed by atoms with Crippen molar-refractivity contribution in [1.29, 1.82) is 0 Å². The Morgan fingerprint density at radius 3 is 2.64 bits per heavy atom. The van der Waals surface area contributed by atoms with Gasteiger partial charge < -0.3 is 4.90 Å². The lowest BCUT2D eigenvalue weighted by molar-refractivity contribution is 0.300. The Labute approximate surface area is 134 Å². The maximum atomic E-state index is 13.8. The second-order valence-corrected chi connectivity index (χ2v) is 7.84. The molecule has 1 aromatic carbocycles. The summed E-state index contributed by atoms with van der Waals surface area (Å²) in [5.74, 6) is -0.741. The van der Waals surface area contributed by atoms with E-state index in [0.717, 1.165) is 5.56 Å². The zero-order valence-corrected chi connectivity index (χ0v) is 14.3. The van der Waals surface area contributed by atoms with Crippen LogP contribution in [0.1, 0.15) is 17.2 Å². The van der Waals surface area contributed by atoms with Crippen LogP contribution in [0.3, 0.4) is 0 Å². The third-order valence-corrected chi connectivity index (χ3v) is 5.53. The highest BCUT2D eigenvalue weighted by atomic mass is 32.2. The summed E-state index contributed by atoms with van der Waals surface area (Å²) < 4.78 is 41.0. The van der Waals surface area contributed by atoms with Gasteiger partial charge in [-0.15, -0.1) is 0 Å². The minimum absolute atomic E-state index is 0.103. The van der Waals surface area contributed by atoms with Gasteiger partial charge >= 0.3 is 0 Å². The van der Waals surface area contributed by atoms with E-state index < -0.39 is 15.8 Å². The van der Waals surface area contributed by atoms with Gasteiger partial charge in [-0.05, 0) is 61.1 Å². The van der Waals surface area contributed by atoms with Crippen molar-refractivity contribution in [2.45, 2.75) is 17.9 Å². The first kappa shape index (κ1) is 17.1. The molecule has 0 aliphatic carbocycles. The smallest absolute Gasteiger partial charge is 0.243 e. The molecule has 1 heterocycles. The first-order valence-electron chi connectivity index (χ1n) is 6.75. The summed E-state index contributed by atoms with van der Waals surface area (Å²) in [7, 11) is -0.124. The summed E-state index contributed by atoms with van der Waals surface area (Å²) in [6.07, 6.45) is 0. The standard InChI is InChI=1S/C15H19FN2O2S2/c1-11-4-5-13(16)15(8-11)22(19,20)17-9-14(18(2)3)12-6-7-21-10-12/h4-8,10,14,17H,9H2,1-3H3. The lowest BCUT2D eigenvalue weighted by Gasteiger charge is -2.24. The van der Waals surface area contributed by atoms with Gasteiger partial charge in [-0.1, -0.05) is 6.07 Å². The summed E-state index contributed by atoms with van der Waals surface area (Å²) in [6, 6.07) is 5.91. The maximum absolute atomic E-state index is 13.8. The van der Waals surface area contributed by atoms with E-state index in [1.807, 2.05) is 35.8 Å². The Kier molecular flexibility index (Phi) is 5.33. The van der Waals surface area contributed by atoms with Gasteiger partial charge in [-0.25, -0.2) is 17.5 Å². The number of hydrogen-bond acceptors (Lipinski definition) is 4. The molecule has 2 aromatic rings. The number of hydrogen-bond donors (Lipinski definition) is 1. The zero-order chi connectivity index (χ0) is 16.3. The second kappa shape index (κ2) is 6.87. The molecule has 4 nitrogen and oxygen atoms in total. The van der Waals surface area contributed by atoms with Crippen LogP contribution in [-0.4, -0.2) is 34.0 Å². The monoisotopic (exact) mass is 342 g/mol. The molecule has 1 unspecified atom stereocenters. The highest BCUT2D eigenvalue weighted by molar-refractivity contribution is 7.89. The normalized spacial score (nSPS) is 13.5. The van der Waals surface area contributed by atoms with E-state index in [9.17, 15) is 12.8 Å². The Hall–Kier alpha value is -1.28. The summed E-state index contributed by atoms with van der Waals surface area (Å²) >= 11 is 1.56. The second-order valence-electron chi connectivity index (χ2n) is 5.32. The number of rotatable bonds is 6. The van der Waals surface area contributed by atoms with Crippen LogP contribution in [-0.2, 0) is 10.0 Å². The lowest BCUT2D eigenvalue weighted by Crippen LogP contribution is -2.34. The van der Waals surface area contributed by atoms with Crippen molar-refractivity contribution >= 4 is 21.4 Å². The molecule has 0 bridgehead atoms. The van der Waals surface area contributed by atoms with Crippen LogP contribution in [0.4, 0.5) is 4.39 Å². The highest BCUT2D eigenvalue weighted by Crippen LogP contribution is 2.21. The summed E-state index contributed by atoms with van der Waals surface area (Å²) in [5.41, 5.74) is 1.73. The van der Waals surface area contributed by atoms with Gasteiger partial charge in [-0.3, -0.25) is 0 Å². The van der Waals surface area contributed by atoms with Crippen LogP contribution in [0.5, 0.6) is 0 Å². The average molecular weight is 342 g/mol. The molecule has 22 heavy (non-hydrogen) atoms. The summed E-state index contributed by atoms with van der Waals surface area (Å²) in [4.78, 5) is 1.62. The molecule has 2 rings (SSSR count). The molecule has 1 aromatic heterocycles. The number of benzene rings is 1. The number of aryl methyl sites for hydroxylation is 1. The fourth-order valence-corrected chi connectivity index (χ4v) is 4.05. The first-order chi connectivity index (χ1) is 10.3. The molecule has 1 atom stereocenters. The van der Waals surface area contributed by atoms with Gasteiger partial charge in [0.05, 0.1) is 0 Å². The number of sulfonamides is 1. The molecule has 1 N–H and O–H groups in total. The van der Waals surface area contributed by atoms with Crippen LogP contribution < -0.4 is 4.72 Å². The first-order valence-corrected chi connectivity index (χ1v) is 9.18. The molecule has 0 radical (unpaired) electrons. The Balaban J connectivity index is 2.20. The number of thiophene rings is 1. The van der Waals surface area contributed by atoms with Crippen LogP contribution in [0.2, 0.25) is 0 Å². The van der Waals surface area contributed by atoms with Gasteiger partial charge in [0.1, 0.15) is 10.7 Å². The molecule has 0 amide bonds. The molecule has 120 valence electrons. The SMILES string of the molecule is Cc1ccc(F)c(S(=O)(=O)NCC(c2ccsc2)N(C)C)c1. The van der Waals surface area contributed by atoms with E-state index >= 15 is 0 Å². The van der Waals surface area contributed by atoms with E-state index in [2.05, 4.69) is 4.72 Å². The zero-order valence-electron chi connectivity index (χ0n) is 12.7. The number of halogens is 1.